The van der Waals surface area contributed by atoms with Gasteiger partial charge in [0.1, 0.15) is 11.5 Å². The van der Waals surface area contributed by atoms with Gasteiger partial charge in [0.25, 0.3) is 5.91 Å². The van der Waals surface area contributed by atoms with Gasteiger partial charge in [-0.15, -0.1) is 0 Å². The largest absolute Gasteiger partial charge is 0.497 e. The van der Waals surface area contributed by atoms with Crippen LogP contribution in [0.15, 0.2) is 46.9 Å². The Morgan fingerprint density at radius 1 is 1.22 bits per heavy atom. The van der Waals surface area contributed by atoms with Gasteiger partial charge in [0.15, 0.2) is 6.10 Å². The lowest BCUT2D eigenvalue weighted by Gasteiger charge is -2.16. The molecule has 122 valence electrons. The summed E-state index contributed by atoms with van der Waals surface area (Å²) >= 11 is 3.48. The first kappa shape index (κ1) is 17.3. The average molecular weight is 378 g/mol. The van der Waals surface area contributed by atoms with E-state index in [9.17, 15) is 4.79 Å². The van der Waals surface area contributed by atoms with Crippen LogP contribution in [0.1, 0.15) is 19.4 Å². The van der Waals surface area contributed by atoms with Gasteiger partial charge in [-0.2, -0.15) is 0 Å². The summed E-state index contributed by atoms with van der Waals surface area (Å²) in [6, 6.07) is 13.1. The van der Waals surface area contributed by atoms with Crippen molar-refractivity contribution < 1.29 is 14.3 Å². The average Bonchev–Trinajstić information content (AvgIpc) is 2.56. The number of rotatable bonds is 6. The first-order valence-electron chi connectivity index (χ1n) is 7.43. The highest BCUT2D eigenvalue weighted by molar-refractivity contribution is 9.10. The number of amides is 1. The van der Waals surface area contributed by atoms with E-state index in [1.165, 1.54) is 5.56 Å². The van der Waals surface area contributed by atoms with Crippen LogP contribution in [0.4, 0.5) is 5.69 Å². The molecular formula is C18H20BrNO3. The van der Waals surface area contributed by atoms with Gasteiger partial charge >= 0.3 is 0 Å². The third-order valence-electron chi connectivity index (χ3n) is 3.42. The predicted octanol–water partition coefficient (Wildman–Crippen LogP) is 4.43. The van der Waals surface area contributed by atoms with Crippen LogP contribution in [-0.2, 0) is 11.2 Å². The monoisotopic (exact) mass is 377 g/mol. The summed E-state index contributed by atoms with van der Waals surface area (Å²) in [6.07, 6.45) is 0.321. The SMILES string of the molecule is CCc1ccc(NC(=O)C(C)Oc2cccc(OC)c2)c(Br)c1. The number of halogens is 1. The molecule has 0 aliphatic carbocycles. The highest BCUT2D eigenvalue weighted by Gasteiger charge is 2.16. The number of benzene rings is 2. The maximum Gasteiger partial charge on any atom is 0.265 e. The van der Waals surface area contributed by atoms with E-state index in [0.717, 1.165) is 16.6 Å². The number of carbonyl (C=O) groups excluding carboxylic acids is 1. The number of hydrogen-bond donors (Lipinski definition) is 1. The van der Waals surface area contributed by atoms with Crippen LogP contribution in [0.2, 0.25) is 0 Å². The molecule has 0 aromatic heterocycles. The Bertz CT molecular complexity index is 688. The molecule has 0 aliphatic heterocycles. The van der Waals surface area contributed by atoms with E-state index in [4.69, 9.17) is 9.47 Å². The molecule has 0 saturated heterocycles. The highest BCUT2D eigenvalue weighted by atomic mass is 79.9. The molecule has 5 heteroatoms. The molecule has 2 rings (SSSR count). The van der Waals surface area contributed by atoms with Crippen molar-refractivity contribution in [2.45, 2.75) is 26.4 Å². The van der Waals surface area contributed by atoms with E-state index in [1.54, 1.807) is 26.2 Å². The van der Waals surface area contributed by atoms with Crippen molar-refractivity contribution in [2.24, 2.45) is 0 Å². The summed E-state index contributed by atoms with van der Waals surface area (Å²) in [5, 5.41) is 2.87. The zero-order valence-corrected chi connectivity index (χ0v) is 15.0. The Morgan fingerprint density at radius 3 is 2.61 bits per heavy atom. The number of nitrogens with one attached hydrogen (secondary N) is 1. The second-order valence-corrected chi connectivity index (χ2v) is 5.95. The topological polar surface area (TPSA) is 47.6 Å². The number of aryl methyl sites for hydroxylation is 1. The maximum absolute atomic E-state index is 12.3. The molecule has 2 aromatic carbocycles. The molecular weight excluding hydrogens is 358 g/mol. The van der Waals surface area contributed by atoms with Crippen LogP contribution >= 0.6 is 15.9 Å². The number of carbonyl (C=O) groups is 1. The predicted molar refractivity (Wildman–Crippen MR) is 95.2 cm³/mol. The van der Waals surface area contributed by atoms with Crippen molar-refractivity contribution in [3.05, 3.63) is 52.5 Å². The number of ether oxygens (including phenoxy) is 2. The minimum atomic E-state index is -0.625. The second kappa shape index (κ2) is 8.02. The zero-order valence-electron chi connectivity index (χ0n) is 13.4. The Morgan fingerprint density at radius 2 is 1.96 bits per heavy atom. The summed E-state index contributed by atoms with van der Waals surface area (Å²) in [7, 11) is 1.59. The summed E-state index contributed by atoms with van der Waals surface area (Å²) in [5.41, 5.74) is 1.93. The Kier molecular flexibility index (Phi) is 6.04. The van der Waals surface area contributed by atoms with E-state index in [-0.39, 0.29) is 5.91 Å². The lowest BCUT2D eigenvalue weighted by molar-refractivity contribution is -0.122. The van der Waals surface area contributed by atoms with Crippen molar-refractivity contribution in [2.75, 3.05) is 12.4 Å². The Hall–Kier alpha value is -2.01. The molecule has 1 atom stereocenters. The van der Waals surface area contributed by atoms with Crippen molar-refractivity contribution in [1.82, 2.24) is 0 Å². The van der Waals surface area contributed by atoms with Crippen molar-refractivity contribution in [3.8, 4) is 11.5 Å². The van der Waals surface area contributed by atoms with E-state index in [0.29, 0.717) is 11.5 Å². The fraction of sp³-hybridized carbons (Fsp3) is 0.278. The van der Waals surface area contributed by atoms with Gasteiger partial charge < -0.3 is 14.8 Å². The Labute approximate surface area is 144 Å². The van der Waals surface area contributed by atoms with Crippen LogP contribution in [0.3, 0.4) is 0 Å². The fourth-order valence-corrected chi connectivity index (χ4v) is 2.57. The number of methoxy groups -OCH3 is 1. The molecule has 0 aliphatic rings. The molecule has 1 unspecified atom stereocenters. The molecule has 0 heterocycles. The molecule has 23 heavy (non-hydrogen) atoms. The fourth-order valence-electron chi connectivity index (χ4n) is 2.05. The quantitative estimate of drug-likeness (QED) is 0.809. The second-order valence-electron chi connectivity index (χ2n) is 5.10. The summed E-state index contributed by atoms with van der Waals surface area (Å²) in [6.45, 7) is 3.80. The van der Waals surface area contributed by atoms with Crippen molar-refractivity contribution in [1.29, 1.82) is 0 Å². The van der Waals surface area contributed by atoms with Crippen molar-refractivity contribution in [3.63, 3.8) is 0 Å². The van der Waals surface area contributed by atoms with Crippen LogP contribution < -0.4 is 14.8 Å². The van der Waals surface area contributed by atoms with E-state index in [2.05, 4.69) is 28.2 Å². The molecule has 0 radical (unpaired) electrons. The molecule has 1 amide bonds. The third kappa shape index (κ3) is 4.73. The van der Waals surface area contributed by atoms with Gasteiger partial charge in [0.2, 0.25) is 0 Å². The molecule has 0 spiro atoms. The molecule has 0 fully saturated rings. The van der Waals surface area contributed by atoms with Crippen LogP contribution in [0.25, 0.3) is 0 Å². The molecule has 2 aromatic rings. The van der Waals surface area contributed by atoms with Crippen LogP contribution in [0, 0.1) is 0 Å². The molecule has 4 nitrogen and oxygen atoms in total. The summed E-state index contributed by atoms with van der Waals surface area (Å²) in [5.74, 6) is 1.07. The van der Waals surface area contributed by atoms with Gasteiger partial charge in [-0.05, 0) is 59.1 Å². The van der Waals surface area contributed by atoms with E-state index >= 15 is 0 Å². The lowest BCUT2D eigenvalue weighted by Crippen LogP contribution is -2.30. The van der Waals surface area contributed by atoms with Crippen LogP contribution in [0.5, 0.6) is 11.5 Å². The number of hydrogen-bond acceptors (Lipinski definition) is 3. The van der Waals surface area contributed by atoms with Crippen molar-refractivity contribution >= 4 is 27.5 Å². The molecule has 0 saturated carbocycles. The van der Waals surface area contributed by atoms with Gasteiger partial charge in [0.05, 0.1) is 12.8 Å². The van der Waals surface area contributed by atoms with Gasteiger partial charge in [-0.1, -0.05) is 19.1 Å². The van der Waals surface area contributed by atoms with Gasteiger partial charge in [-0.3, -0.25) is 4.79 Å². The highest BCUT2D eigenvalue weighted by Crippen LogP contribution is 2.25. The van der Waals surface area contributed by atoms with Crippen LogP contribution in [-0.4, -0.2) is 19.1 Å². The standard InChI is InChI=1S/C18H20BrNO3/c1-4-13-8-9-17(16(19)10-13)20-18(21)12(2)23-15-7-5-6-14(11-15)22-3/h5-12H,4H2,1-3H3,(H,20,21). The third-order valence-corrected chi connectivity index (χ3v) is 4.08. The molecule has 1 N–H and O–H groups in total. The van der Waals surface area contributed by atoms with E-state index in [1.807, 2.05) is 30.3 Å². The first-order chi connectivity index (χ1) is 11.0. The van der Waals surface area contributed by atoms with Gasteiger partial charge in [0, 0.05) is 10.5 Å². The zero-order chi connectivity index (χ0) is 16.8. The van der Waals surface area contributed by atoms with Gasteiger partial charge in [-0.25, -0.2) is 0 Å². The minimum absolute atomic E-state index is 0.210. The minimum Gasteiger partial charge on any atom is -0.497 e. The molecule has 0 bridgehead atoms. The smallest absolute Gasteiger partial charge is 0.265 e. The van der Waals surface area contributed by atoms with E-state index < -0.39 is 6.10 Å². The summed E-state index contributed by atoms with van der Waals surface area (Å²) in [4.78, 5) is 12.3. The summed E-state index contributed by atoms with van der Waals surface area (Å²) < 4.78 is 11.7. The lowest BCUT2D eigenvalue weighted by atomic mass is 10.1. The first-order valence-corrected chi connectivity index (χ1v) is 8.22. The maximum atomic E-state index is 12.3. The normalized spacial score (nSPS) is 11.7. The number of anilines is 1. The Balaban J connectivity index is 2.02.